The molecule has 16 heteroatoms. The molecule has 0 aromatic carbocycles. The Bertz CT molecular complexity index is 539. The highest BCUT2D eigenvalue weighted by Gasteiger charge is 2.85. The Labute approximate surface area is 105 Å². The minimum absolute atomic E-state index is 0.216. The summed E-state index contributed by atoms with van der Waals surface area (Å²) in [5, 5.41) is -7.06. The van der Waals surface area contributed by atoms with E-state index in [-0.39, 0.29) is 4.13 Å². The standard InChI is InChI=1S/C4H2F9NO4S2/c5-1(6,3(9,10)11)2(7,8)4(12,13)20(17,18)14-19(15)16/h19H,(H,14,15,16). The molecule has 0 spiro atoms. The molecular formula is C4H2F9NO4S2. The van der Waals surface area contributed by atoms with Gasteiger partial charge in [0.25, 0.3) is 10.0 Å². The summed E-state index contributed by atoms with van der Waals surface area (Å²) in [4.78, 5) is 0. The van der Waals surface area contributed by atoms with Gasteiger partial charge in [0.2, 0.25) is 10.9 Å². The van der Waals surface area contributed by atoms with Crippen LogP contribution in [0.3, 0.4) is 0 Å². The van der Waals surface area contributed by atoms with E-state index < -0.39 is 44.2 Å². The molecule has 0 aromatic heterocycles. The molecule has 0 unspecified atom stereocenters. The molecule has 0 rings (SSSR count). The molecule has 0 heterocycles. The topological polar surface area (TPSA) is 80.3 Å². The molecule has 0 bridgehead atoms. The smallest absolute Gasteiger partial charge is 0.215 e. The molecule has 0 aliphatic heterocycles. The normalized spacial score (nSPS) is 15.7. The number of nitrogens with one attached hydrogen (secondary N) is 1. The maximum absolute atomic E-state index is 12.7. The zero-order valence-corrected chi connectivity index (χ0v) is 10.1. The van der Waals surface area contributed by atoms with Gasteiger partial charge >= 0.3 is 23.3 Å². The van der Waals surface area contributed by atoms with Crippen LogP contribution >= 0.6 is 0 Å². The second-order valence-electron chi connectivity index (χ2n) is 3.02. The van der Waals surface area contributed by atoms with Gasteiger partial charge in [-0.1, -0.05) is 0 Å². The number of hydrogen-bond acceptors (Lipinski definition) is 4. The predicted molar refractivity (Wildman–Crippen MR) is 43.3 cm³/mol. The SMILES string of the molecule is O=[SH](=O)NS(=O)(=O)C(F)(F)C(F)(F)C(F)(F)C(F)(F)F. The molecule has 0 saturated carbocycles. The lowest BCUT2D eigenvalue weighted by Crippen LogP contribution is -2.64. The van der Waals surface area contributed by atoms with E-state index in [1.54, 1.807) is 0 Å². The lowest BCUT2D eigenvalue weighted by Gasteiger charge is -2.32. The van der Waals surface area contributed by atoms with Crippen LogP contribution in [0.2, 0.25) is 0 Å². The quantitative estimate of drug-likeness (QED) is 0.561. The van der Waals surface area contributed by atoms with Gasteiger partial charge in [-0.25, -0.2) is 16.8 Å². The van der Waals surface area contributed by atoms with E-state index in [0.29, 0.717) is 0 Å². The zero-order valence-electron chi connectivity index (χ0n) is 8.39. The maximum atomic E-state index is 12.7. The minimum Gasteiger partial charge on any atom is -0.215 e. The number of thiol groups is 1. The van der Waals surface area contributed by atoms with Gasteiger partial charge < -0.3 is 0 Å². The average Bonchev–Trinajstić information content (AvgIpc) is 2.12. The zero-order chi connectivity index (χ0) is 16.8. The monoisotopic (exact) mass is 363 g/mol. The molecule has 0 amide bonds. The molecule has 20 heavy (non-hydrogen) atoms. The highest BCUT2D eigenvalue weighted by atomic mass is 32.3. The number of hydrogen-bond donors (Lipinski definition) is 2. The Morgan fingerprint density at radius 1 is 0.750 bits per heavy atom. The fourth-order valence-corrected chi connectivity index (χ4v) is 2.39. The van der Waals surface area contributed by atoms with Gasteiger partial charge in [-0.05, 0) is 0 Å². The molecule has 0 fully saturated rings. The van der Waals surface area contributed by atoms with Crippen molar-refractivity contribution < 1.29 is 56.3 Å². The lowest BCUT2D eigenvalue weighted by molar-refractivity contribution is -0.382. The van der Waals surface area contributed by atoms with Crippen LogP contribution in [0.4, 0.5) is 39.5 Å². The fourth-order valence-electron chi connectivity index (χ4n) is 0.685. The predicted octanol–water partition coefficient (Wildman–Crippen LogP) is 0.858. The van der Waals surface area contributed by atoms with E-state index in [1.165, 1.54) is 0 Å². The summed E-state index contributed by atoms with van der Waals surface area (Å²) in [6, 6.07) is 0. The first-order valence-corrected chi connectivity index (χ1v) is 6.44. The first-order chi connectivity index (χ1) is 8.42. The summed E-state index contributed by atoms with van der Waals surface area (Å²) in [7, 11) is -11.6. The van der Waals surface area contributed by atoms with Crippen molar-refractivity contribution in [3.63, 3.8) is 0 Å². The third-order valence-electron chi connectivity index (χ3n) is 1.65. The summed E-state index contributed by atoms with van der Waals surface area (Å²) in [6.45, 7) is 0. The van der Waals surface area contributed by atoms with Gasteiger partial charge in [0.1, 0.15) is 0 Å². The Morgan fingerprint density at radius 3 is 1.35 bits per heavy atom. The van der Waals surface area contributed by atoms with Crippen LogP contribution < -0.4 is 4.13 Å². The molecule has 0 aliphatic carbocycles. The molecular weight excluding hydrogens is 361 g/mol. The van der Waals surface area contributed by atoms with Crippen LogP contribution in [-0.4, -0.2) is 40.1 Å². The van der Waals surface area contributed by atoms with Crippen LogP contribution in [0.25, 0.3) is 0 Å². The lowest BCUT2D eigenvalue weighted by atomic mass is 10.1. The van der Waals surface area contributed by atoms with E-state index in [4.69, 9.17) is 0 Å². The largest absolute Gasteiger partial charge is 0.460 e. The molecule has 0 aromatic rings. The molecule has 1 N–H and O–H groups in total. The second-order valence-corrected chi connectivity index (χ2v) is 5.78. The number of sulfonamides is 1. The van der Waals surface area contributed by atoms with Crippen molar-refractivity contribution in [1.29, 1.82) is 0 Å². The molecule has 0 aliphatic rings. The summed E-state index contributed by atoms with van der Waals surface area (Å²) < 4.78 is 150. The second kappa shape index (κ2) is 4.90. The number of rotatable bonds is 5. The van der Waals surface area contributed by atoms with Crippen LogP contribution in [0, 0.1) is 0 Å². The Kier molecular flexibility index (Phi) is 4.71. The molecule has 0 radical (unpaired) electrons. The van der Waals surface area contributed by atoms with Gasteiger partial charge in [0.15, 0.2) is 0 Å². The van der Waals surface area contributed by atoms with Crippen LogP contribution in [0.15, 0.2) is 0 Å². The summed E-state index contributed by atoms with van der Waals surface area (Å²) in [5.41, 5.74) is 0. The highest BCUT2D eigenvalue weighted by Crippen LogP contribution is 2.54. The van der Waals surface area contributed by atoms with E-state index in [9.17, 15) is 56.3 Å². The van der Waals surface area contributed by atoms with Crippen molar-refractivity contribution in [2.45, 2.75) is 23.3 Å². The summed E-state index contributed by atoms with van der Waals surface area (Å²) in [5.74, 6) is -14.9. The minimum atomic E-state index is -7.46. The van der Waals surface area contributed by atoms with Crippen molar-refractivity contribution in [3.8, 4) is 0 Å². The molecule has 0 saturated heterocycles. The van der Waals surface area contributed by atoms with Crippen molar-refractivity contribution in [3.05, 3.63) is 0 Å². The third kappa shape index (κ3) is 2.80. The first kappa shape index (κ1) is 19.2. The summed E-state index contributed by atoms with van der Waals surface area (Å²) >= 11 is 0. The van der Waals surface area contributed by atoms with Crippen LogP contribution in [-0.2, 0) is 20.9 Å². The van der Waals surface area contributed by atoms with Crippen molar-refractivity contribution in [2.24, 2.45) is 0 Å². The Morgan fingerprint density at radius 2 is 1.10 bits per heavy atom. The first-order valence-electron chi connectivity index (χ1n) is 3.78. The molecule has 0 atom stereocenters. The van der Waals surface area contributed by atoms with E-state index >= 15 is 0 Å². The van der Waals surface area contributed by atoms with E-state index in [2.05, 4.69) is 0 Å². The fraction of sp³-hybridized carbons (Fsp3) is 1.00. The van der Waals surface area contributed by atoms with Gasteiger partial charge in [-0.3, -0.25) is 0 Å². The Hall–Kier alpha value is -0.770. The summed E-state index contributed by atoms with van der Waals surface area (Å²) in [6.07, 6.45) is -7.21. The van der Waals surface area contributed by atoms with Crippen LogP contribution in [0.5, 0.6) is 0 Å². The Balaban J connectivity index is 6.07. The third-order valence-corrected chi connectivity index (χ3v) is 4.14. The van der Waals surface area contributed by atoms with Gasteiger partial charge in [-0.2, -0.15) is 39.5 Å². The molecule has 5 nitrogen and oxygen atoms in total. The molecule has 122 valence electrons. The number of alkyl halides is 9. The van der Waals surface area contributed by atoms with Crippen LogP contribution in [0.1, 0.15) is 0 Å². The average molecular weight is 363 g/mol. The van der Waals surface area contributed by atoms with Crippen molar-refractivity contribution in [1.82, 2.24) is 4.13 Å². The highest BCUT2D eigenvalue weighted by molar-refractivity contribution is 7.98. The maximum Gasteiger partial charge on any atom is 0.460 e. The van der Waals surface area contributed by atoms with Crippen molar-refractivity contribution in [2.75, 3.05) is 0 Å². The number of halogens is 9. The van der Waals surface area contributed by atoms with Crippen molar-refractivity contribution >= 4 is 20.9 Å². The van der Waals surface area contributed by atoms with Gasteiger partial charge in [0, 0.05) is 0 Å². The van der Waals surface area contributed by atoms with E-state index in [1.807, 2.05) is 0 Å². The van der Waals surface area contributed by atoms with Gasteiger partial charge in [0.05, 0.1) is 0 Å². The van der Waals surface area contributed by atoms with E-state index in [0.717, 1.165) is 0 Å². The van der Waals surface area contributed by atoms with Gasteiger partial charge in [-0.15, -0.1) is 4.13 Å².